The molecule has 0 bridgehead atoms. The Morgan fingerprint density at radius 3 is 2.94 bits per heavy atom. The van der Waals surface area contributed by atoms with E-state index in [0.717, 1.165) is 13.1 Å². The number of amides is 1. The summed E-state index contributed by atoms with van der Waals surface area (Å²) in [6.07, 6.45) is -0.422. The van der Waals surface area contributed by atoms with Gasteiger partial charge >= 0.3 is 0 Å². The van der Waals surface area contributed by atoms with E-state index in [-0.39, 0.29) is 17.6 Å². The van der Waals surface area contributed by atoms with Gasteiger partial charge in [-0.1, -0.05) is 0 Å². The monoisotopic (exact) mass is 230 g/mol. The smallest absolute Gasteiger partial charge is 0.248 e. The minimum absolute atomic E-state index is 0.0101. The van der Waals surface area contributed by atoms with Crippen molar-refractivity contribution in [2.45, 2.75) is 38.6 Å². The Morgan fingerprint density at radius 1 is 1.69 bits per heavy atom. The average Bonchev–Trinajstić information content (AvgIpc) is 2.23. The van der Waals surface area contributed by atoms with Gasteiger partial charge in [0.1, 0.15) is 6.10 Å². The molecule has 1 fully saturated rings. The number of morpholine rings is 1. The molecule has 1 amide bonds. The van der Waals surface area contributed by atoms with Crippen LogP contribution in [0.15, 0.2) is 0 Å². The summed E-state index contributed by atoms with van der Waals surface area (Å²) >= 11 is 0. The maximum Gasteiger partial charge on any atom is 0.248 e. The predicted octanol–water partition coefficient (Wildman–Crippen LogP) is -0.0955. The van der Waals surface area contributed by atoms with Crippen LogP contribution in [0, 0.1) is 0 Å². The van der Waals surface area contributed by atoms with E-state index in [1.807, 2.05) is 13.8 Å². The molecule has 0 aliphatic carbocycles. The predicted molar refractivity (Wildman–Crippen MR) is 61.3 cm³/mol. The largest absolute Gasteiger partial charge is 0.367 e. The first kappa shape index (κ1) is 13.4. The Labute approximate surface area is 96.9 Å². The van der Waals surface area contributed by atoms with Crippen LogP contribution in [0.25, 0.3) is 0 Å². The molecule has 5 nitrogen and oxygen atoms in total. The number of likely N-dealkylation sites (N-methyl/N-ethyl adjacent to an activating group) is 1. The van der Waals surface area contributed by atoms with E-state index < -0.39 is 6.10 Å². The summed E-state index contributed by atoms with van der Waals surface area (Å²) in [4.78, 5) is 11.2. The molecule has 2 atom stereocenters. The van der Waals surface area contributed by atoms with E-state index in [1.165, 1.54) is 0 Å². The normalized spacial score (nSPS) is 26.1. The van der Waals surface area contributed by atoms with Crippen molar-refractivity contribution < 1.29 is 14.3 Å². The van der Waals surface area contributed by atoms with Crippen LogP contribution in [0.5, 0.6) is 0 Å². The summed E-state index contributed by atoms with van der Waals surface area (Å²) < 4.78 is 11.3. The first-order valence-electron chi connectivity index (χ1n) is 5.66. The molecule has 0 aromatic carbocycles. The van der Waals surface area contributed by atoms with E-state index in [2.05, 4.69) is 10.6 Å². The van der Waals surface area contributed by atoms with Gasteiger partial charge in [0.2, 0.25) is 5.91 Å². The minimum atomic E-state index is -0.432. The maximum atomic E-state index is 11.2. The third kappa shape index (κ3) is 4.08. The number of nitrogens with one attached hydrogen (secondary N) is 2. The van der Waals surface area contributed by atoms with E-state index in [4.69, 9.17) is 9.47 Å². The second-order valence-electron chi connectivity index (χ2n) is 4.72. The fourth-order valence-corrected chi connectivity index (χ4v) is 1.69. The number of hydrogen-bond donors (Lipinski definition) is 2. The lowest BCUT2D eigenvalue weighted by atomic mass is 10.1. The lowest BCUT2D eigenvalue weighted by Crippen LogP contribution is -2.52. The van der Waals surface area contributed by atoms with Crippen molar-refractivity contribution in [1.82, 2.24) is 10.6 Å². The van der Waals surface area contributed by atoms with Crippen molar-refractivity contribution in [3.63, 3.8) is 0 Å². The summed E-state index contributed by atoms with van der Waals surface area (Å²) in [6, 6.07) is 0. The number of ether oxygens (including phenoxy) is 2. The first-order valence-corrected chi connectivity index (χ1v) is 5.66. The molecule has 1 saturated heterocycles. The average molecular weight is 230 g/mol. The summed E-state index contributed by atoms with van der Waals surface area (Å²) in [5.41, 5.74) is -0.164. The highest BCUT2D eigenvalue weighted by Crippen LogP contribution is 2.15. The van der Waals surface area contributed by atoms with Gasteiger partial charge in [-0.05, 0) is 20.8 Å². The molecule has 2 N–H and O–H groups in total. The second kappa shape index (κ2) is 5.61. The maximum absolute atomic E-state index is 11.2. The summed E-state index contributed by atoms with van der Waals surface area (Å²) in [6.45, 7) is 7.85. The van der Waals surface area contributed by atoms with Crippen LogP contribution in [0.4, 0.5) is 0 Å². The molecular weight excluding hydrogens is 208 g/mol. The fourth-order valence-electron chi connectivity index (χ4n) is 1.69. The van der Waals surface area contributed by atoms with Gasteiger partial charge in [-0.15, -0.1) is 0 Å². The summed E-state index contributed by atoms with van der Waals surface area (Å²) in [5.74, 6) is -0.108. The Kier molecular flexibility index (Phi) is 4.70. The van der Waals surface area contributed by atoms with Gasteiger partial charge in [-0.3, -0.25) is 4.79 Å². The van der Waals surface area contributed by atoms with Crippen LogP contribution in [0.2, 0.25) is 0 Å². The summed E-state index contributed by atoms with van der Waals surface area (Å²) in [5, 5.41) is 5.83. The standard InChI is InChI=1S/C11H22N2O3/c1-8(10(14)12-4)15-6-9-5-13-7-11(2,3)16-9/h8-9,13H,5-7H2,1-4H3,(H,12,14). The number of rotatable bonds is 4. The lowest BCUT2D eigenvalue weighted by Gasteiger charge is -2.36. The van der Waals surface area contributed by atoms with Crippen LogP contribution in [-0.2, 0) is 14.3 Å². The molecule has 1 aliphatic heterocycles. The molecule has 0 radical (unpaired) electrons. The number of carbonyl (C=O) groups is 1. The SMILES string of the molecule is CNC(=O)C(C)OCC1CNCC(C)(C)O1. The van der Waals surface area contributed by atoms with E-state index >= 15 is 0 Å². The minimum Gasteiger partial charge on any atom is -0.367 e. The quantitative estimate of drug-likeness (QED) is 0.708. The van der Waals surface area contributed by atoms with Crippen molar-refractivity contribution >= 4 is 5.91 Å². The molecule has 0 aromatic heterocycles. The molecule has 0 saturated carbocycles. The van der Waals surface area contributed by atoms with E-state index in [0.29, 0.717) is 6.61 Å². The molecule has 2 unspecified atom stereocenters. The topological polar surface area (TPSA) is 59.6 Å². The molecule has 0 spiro atoms. The van der Waals surface area contributed by atoms with Crippen molar-refractivity contribution in [2.24, 2.45) is 0 Å². The zero-order valence-corrected chi connectivity index (χ0v) is 10.5. The van der Waals surface area contributed by atoms with Gasteiger partial charge in [0.25, 0.3) is 0 Å². The highest BCUT2D eigenvalue weighted by Gasteiger charge is 2.28. The molecule has 1 rings (SSSR count). The van der Waals surface area contributed by atoms with E-state index in [9.17, 15) is 4.79 Å². The zero-order chi connectivity index (χ0) is 12.2. The molecule has 16 heavy (non-hydrogen) atoms. The van der Waals surface area contributed by atoms with Crippen LogP contribution < -0.4 is 10.6 Å². The third-order valence-corrected chi connectivity index (χ3v) is 2.56. The number of carbonyl (C=O) groups excluding carboxylic acids is 1. The van der Waals surface area contributed by atoms with Gasteiger partial charge in [-0.2, -0.15) is 0 Å². The van der Waals surface area contributed by atoms with Crippen LogP contribution in [-0.4, -0.2) is 50.5 Å². The Morgan fingerprint density at radius 2 is 2.38 bits per heavy atom. The lowest BCUT2D eigenvalue weighted by molar-refractivity contribution is -0.144. The van der Waals surface area contributed by atoms with Crippen molar-refractivity contribution in [3.05, 3.63) is 0 Å². The molecule has 1 heterocycles. The molecule has 94 valence electrons. The van der Waals surface area contributed by atoms with Gasteiger partial charge in [-0.25, -0.2) is 0 Å². The van der Waals surface area contributed by atoms with Gasteiger partial charge in [0.15, 0.2) is 0 Å². The molecule has 5 heteroatoms. The highest BCUT2D eigenvalue weighted by molar-refractivity contribution is 5.79. The van der Waals surface area contributed by atoms with Crippen molar-refractivity contribution in [3.8, 4) is 0 Å². The van der Waals surface area contributed by atoms with Crippen LogP contribution >= 0.6 is 0 Å². The number of hydrogen-bond acceptors (Lipinski definition) is 4. The summed E-state index contributed by atoms with van der Waals surface area (Å²) in [7, 11) is 1.60. The van der Waals surface area contributed by atoms with E-state index in [1.54, 1.807) is 14.0 Å². The molecule has 1 aliphatic rings. The third-order valence-electron chi connectivity index (χ3n) is 2.56. The second-order valence-corrected chi connectivity index (χ2v) is 4.72. The Bertz CT molecular complexity index is 243. The van der Waals surface area contributed by atoms with Gasteiger partial charge in [0, 0.05) is 20.1 Å². The molecular formula is C11H22N2O3. The van der Waals surface area contributed by atoms with Gasteiger partial charge < -0.3 is 20.1 Å². The highest BCUT2D eigenvalue weighted by atomic mass is 16.6. The Balaban J connectivity index is 2.30. The fraction of sp³-hybridized carbons (Fsp3) is 0.909. The molecule has 0 aromatic rings. The van der Waals surface area contributed by atoms with Crippen molar-refractivity contribution in [2.75, 3.05) is 26.7 Å². The van der Waals surface area contributed by atoms with Crippen molar-refractivity contribution in [1.29, 1.82) is 0 Å². The Hall–Kier alpha value is -0.650. The van der Waals surface area contributed by atoms with Crippen LogP contribution in [0.3, 0.4) is 0 Å². The van der Waals surface area contributed by atoms with Crippen LogP contribution in [0.1, 0.15) is 20.8 Å². The van der Waals surface area contributed by atoms with Gasteiger partial charge in [0.05, 0.1) is 18.3 Å². The first-order chi connectivity index (χ1) is 7.44. The zero-order valence-electron chi connectivity index (χ0n) is 10.5.